The molecule has 3 nitrogen and oxygen atoms in total. The molecule has 1 aromatic rings. The molecule has 3 heteroatoms. The standard InChI is InChI=1S/C18H22O3/c1-12(2)16(11-14(4)19)18(10-9-17(20)21-18)15-7-5-13(3)6-8-15/h5-10,12,16H,11H2,1-4H3/t16-,18+/m0/s1. The summed E-state index contributed by atoms with van der Waals surface area (Å²) in [7, 11) is 0. The highest BCUT2D eigenvalue weighted by molar-refractivity contribution is 5.86. The first-order valence-corrected chi connectivity index (χ1v) is 7.34. The van der Waals surface area contributed by atoms with Crippen LogP contribution in [-0.2, 0) is 19.9 Å². The fraction of sp³-hybridized carbons (Fsp3) is 0.444. The normalized spacial score (nSPS) is 22.4. The van der Waals surface area contributed by atoms with Gasteiger partial charge in [-0.2, -0.15) is 0 Å². The Hall–Kier alpha value is -1.90. The second-order valence-corrected chi connectivity index (χ2v) is 6.17. The number of Topliss-reactive ketones (excluding diaryl/α,β-unsaturated/α-hetero) is 1. The van der Waals surface area contributed by atoms with Crippen molar-refractivity contribution in [3.8, 4) is 0 Å². The largest absolute Gasteiger partial charge is 0.446 e. The van der Waals surface area contributed by atoms with Gasteiger partial charge < -0.3 is 9.53 Å². The van der Waals surface area contributed by atoms with E-state index >= 15 is 0 Å². The van der Waals surface area contributed by atoms with Gasteiger partial charge in [-0.3, -0.25) is 0 Å². The van der Waals surface area contributed by atoms with Crippen molar-refractivity contribution < 1.29 is 14.3 Å². The van der Waals surface area contributed by atoms with Crippen LogP contribution in [0, 0.1) is 18.8 Å². The number of benzene rings is 1. The van der Waals surface area contributed by atoms with E-state index in [-0.39, 0.29) is 23.6 Å². The highest BCUT2D eigenvalue weighted by atomic mass is 16.6. The van der Waals surface area contributed by atoms with Crippen molar-refractivity contribution in [3.63, 3.8) is 0 Å². The number of ether oxygens (including phenoxy) is 1. The molecule has 112 valence electrons. The minimum atomic E-state index is -0.829. The first-order chi connectivity index (χ1) is 9.85. The van der Waals surface area contributed by atoms with Crippen LogP contribution in [0.15, 0.2) is 36.4 Å². The van der Waals surface area contributed by atoms with E-state index in [1.54, 1.807) is 6.92 Å². The van der Waals surface area contributed by atoms with E-state index in [1.807, 2.05) is 37.3 Å². The first-order valence-electron chi connectivity index (χ1n) is 7.34. The Morgan fingerprint density at radius 1 is 1.24 bits per heavy atom. The van der Waals surface area contributed by atoms with Crippen LogP contribution in [0.3, 0.4) is 0 Å². The van der Waals surface area contributed by atoms with E-state index in [0.29, 0.717) is 6.42 Å². The van der Waals surface area contributed by atoms with E-state index in [0.717, 1.165) is 11.1 Å². The maximum atomic E-state index is 11.7. The first kappa shape index (κ1) is 15.5. The van der Waals surface area contributed by atoms with Gasteiger partial charge in [0.05, 0.1) is 0 Å². The predicted molar refractivity (Wildman–Crippen MR) is 81.7 cm³/mol. The number of carbonyl (C=O) groups excluding carboxylic acids is 2. The number of esters is 1. The van der Waals surface area contributed by atoms with Crippen LogP contribution in [0.4, 0.5) is 0 Å². The molecule has 0 saturated heterocycles. The molecule has 0 spiro atoms. The van der Waals surface area contributed by atoms with E-state index in [9.17, 15) is 9.59 Å². The Morgan fingerprint density at radius 2 is 1.86 bits per heavy atom. The van der Waals surface area contributed by atoms with Crippen LogP contribution in [0.2, 0.25) is 0 Å². The summed E-state index contributed by atoms with van der Waals surface area (Å²) in [6, 6.07) is 7.96. The van der Waals surface area contributed by atoms with Crippen molar-refractivity contribution in [2.24, 2.45) is 11.8 Å². The maximum Gasteiger partial charge on any atom is 0.331 e. The smallest absolute Gasteiger partial charge is 0.331 e. The molecule has 1 heterocycles. The molecule has 0 aliphatic carbocycles. The van der Waals surface area contributed by atoms with E-state index in [1.165, 1.54) is 6.08 Å². The lowest BCUT2D eigenvalue weighted by Crippen LogP contribution is -2.39. The van der Waals surface area contributed by atoms with Gasteiger partial charge in [0.15, 0.2) is 5.60 Å². The number of rotatable bonds is 5. The Kier molecular flexibility index (Phi) is 4.31. The summed E-state index contributed by atoms with van der Waals surface area (Å²) < 4.78 is 5.70. The molecule has 2 rings (SSSR count). The fourth-order valence-electron chi connectivity index (χ4n) is 3.00. The van der Waals surface area contributed by atoms with Crippen molar-refractivity contribution in [2.75, 3.05) is 0 Å². The van der Waals surface area contributed by atoms with E-state index in [2.05, 4.69) is 13.8 Å². The zero-order chi connectivity index (χ0) is 15.6. The summed E-state index contributed by atoms with van der Waals surface area (Å²) in [5.41, 5.74) is 1.25. The molecule has 0 aromatic heterocycles. The van der Waals surface area contributed by atoms with Crippen molar-refractivity contribution in [1.29, 1.82) is 0 Å². The molecule has 0 N–H and O–H groups in total. The van der Waals surface area contributed by atoms with Crippen molar-refractivity contribution >= 4 is 11.8 Å². The molecule has 2 atom stereocenters. The van der Waals surface area contributed by atoms with Crippen LogP contribution < -0.4 is 0 Å². The SMILES string of the molecule is CC(=O)C[C@@H](C(C)C)[C@]1(c2ccc(C)cc2)C=CC(=O)O1. The topological polar surface area (TPSA) is 43.4 Å². The van der Waals surface area contributed by atoms with Gasteiger partial charge in [-0.1, -0.05) is 43.7 Å². The zero-order valence-corrected chi connectivity index (χ0v) is 13.1. The third-order valence-corrected chi connectivity index (χ3v) is 4.10. The van der Waals surface area contributed by atoms with Gasteiger partial charge in [0.25, 0.3) is 0 Å². The number of hydrogen-bond donors (Lipinski definition) is 0. The van der Waals surface area contributed by atoms with Gasteiger partial charge in [-0.05, 0) is 31.4 Å². The summed E-state index contributed by atoms with van der Waals surface area (Å²) >= 11 is 0. The minimum absolute atomic E-state index is 0.0691. The number of hydrogen-bond acceptors (Lipinski definition) is 3. The average molecular weight is 286 g/mol. The molecule has 0 bridgehead atoms. The lowest BCUT2D eigenvalue weighted by molar-refractivity contribution is -0.154. The molecular formula is C18H22O3. The highest BCUT2D eigenvalue weighted by Crippen LogP contribution is 2.44. The lowest BCUT2D eigenvalue weighted by atomic mass is 9.73. The number of aryl methyl sites for hydroxylation is 1. The van der Waals surface area contributed by atoms with E-state index < -0.39 is 5.60 Å². The van der Waals surface area contributed by atoms with Crippen molar-refractivity contribution in [1.82, 2.24) is 0 Å². The second-order valence-electron chi connectivity index (χ2n) is 6.17. The molecule has 0 radical (unpaired) electrons. The Bertz CT molecular complexity index is 569. The molecular weight excluding hydrogens is 264 g/mol. The minimum Gasteiger partial charge on any atom is -0.446 e. The van der Waals surface area contributed by atoms with Gasteiger partial charge in [-0.25, -0.2) is 4.79 Å². The molecule has 1 aliphatic rings. The molecule has 0 unspecified atom stereocenters. The molecule has 0 fully saturated rings. The second kappa shape index (κ2) is 5.84. The summed E-state index contributed by atoms with van der Waals surface area (Å²) in [6.45, 7) is 7.72. The number of carbonyl (C=O) groups is 2. The monoisotopic (exact) mass is 286 g/mol. The third-order valence-electron chi connectivity index (χ3n) is 4.10. The van der Waals surface area contributed by atoms with Gasteiger partial charge in [0.2, 0.25) is 0 Å². The molecule has 0 saturated carbocycles. The third kappa shape index (κ3) is 3.07. The summed E-state index contributed by atoms with van der Waals surface area (Å²) in [4.78, 5) is 23.4. The molecule has 0 amide bonds. The Balaban J connectivity index is 2.51. The predicted octanol–water partition coefficient (Wildman–Crippen LogP) is 3.55. The van der Waals surface area contributed by atoms with Crippen molar-refractivity contribution in [3.05, 3.63) is 47.5 Å². The fourth-order valence-corrected chi connectivity index (χ4v) is 3.00. The zero-order valence-electron chi connectivity index (χ0n) is 13.1. The van der Waals surface area contributed by atoms with Crippen LogP contribution in [0.25, 0.3) is 0 Å². The summed E-state index contributed by atoms with van der Waals surface area (Å²) in [5.74, 6) is -0.0903. The van der Waals surface area contributed by atoms with Crippen LogP contribution in [0.1, 0.15) is 38.3 Å². The quantitative estimate of drug-likeness (QED) is 0.777. The number of ketones is 1. The van der Waals surface area contributed by atoms with Crippen LogP contribution in [-0.4, -0.2) is 11.8 Å². The lowest BCUT2D eigenvalue weighted by Gasteiger charge is -2.37. The maximum absolute atomic E-state index is 11.7. The molecule has 1 aliphatic heterocycles. The van der Waals surface area contributed by atoms with Gasteiger partial charge in [-0.15, -0.1) is 0 Å². The average Bonchev–Trinajstić information content (AvgIpc) is 2.79. The van der Waals surface area contributed by atoms with E-state index in [4.69, 9.17) is 4.74 Å². The highest BCUT2D eigenvalue weighted by Gasteiger charge is 2.46. The summed E-state index contributed by atoms with van der Waals surface area (Å²) in [6.07, 6.45) is 3.67. The van der Waals surface area contributed by atoms with Gasteiger partial charge in [0.1, 0.15) is 5.78 Å². The van der Waals surface area contributed by atoms with Crippen molar-refractivity contribution in [2.45, 2.75) is 39.7 Å². The Morgan fingerprint density at radius 3 is 2.29 bits per heavy atom. The van der Waals surface area contributed by atoms with Crippen LogP contribution >= 0.6 is 0 Å². The summed E-state index contributed by atoms with van der Waals surface area (Å²) in [5, 5.41) is 0. The molecule has 1 aromatic carbocycles. The van der Waals surface area contributed by atoms with Gasteiger partial charge >= 0.3 is 5.97 Å². The molecule has 21 heavy (non-hydrogen) atoms. The number of cyclic esters (lactones) is 1. The van der Waals surface area contributed by atoms with Crippen LogP contribution in [0.5, 0.6) is 0 Å². The van der Waals surface area contributed by atoms with Gasteiger partial charge in [0, 0.05) is 18.4 Å². The Labute approximate surface area is 126 Å².